The molecule has 2 aromatic carbocycles. The number of thioether (sulfide) groups is 1. The molecule has 29 heavy (non-hydrogen) atoms. The predicted octanol–water partition coefficient (Wildman–Crippen LogP) is 5.34. The molecular weight excluding hydrogens is 526 g/mol. The highest BCUT2D eigenvalue weighted by molar-refractivity contribution is 9.11. The summed E-state index contributed by atoms with van der Waals surface area (Å²) in [5, 5.41) is -0.323. The molecule has 1 saturated heterocycles. The van der Waals surface area contributed by atoms with Gasteiger partial charge in [0.1, 0.15) is 12.4 Å². The van der Waals surface area contributed by atoms with Crippen molar-refractivity contribution in [1.29, 1.82) is 0 Å². The third-order valence-electron chi connectivity index (χ3n) is 4.04. The molecule has 0 radical (unpaired) electrons. The van der Waals surface area contributed by atoms with Gasteiger partial charge in [0.05, 0.1) is 34.6 Å². The number of para-hydroxylation sites is 2. The molecule has 1 aliphatic rings. The lowest BCUT2D eigenvalue weighted by atomic mass is 10.2. The lowest BCUT2D eigenvalue weighted by Gasteiger charge is -2.14. The number of amides is 2. The second-order valence-corrected chi connectivity index (χ2v) is 8.55. The van der Waals surface area contributed by atoms with Crippen LogP contribution in [0.2, 0.25) is 0 Å². The van der Waals surface area contributed by atoms with E-state index in [1.807, 2.05) is 24.3 Å². The predicted molar refractivity (Wildman–Crippen MR) is 120 cm³/mol. The molecule has 3 rings (SSSR count). The number of carbonyl (C=O) groups excluding carboxylic acids is 2. The normalized spacial score (nSPS) is 15.2. The molecule has 1 heterocycles. The Morgan fingerprint density at radius 2 is 1.69 bits per heavy atom. The van der Waals surface area contributed by atoms with Gasteiger partial charge in [-0.15, -0.1) is 0 Å². The van der Waals surface area contributed by atoms with E-state index in [0.29, 0.717) is 22.2 Å². The van der Waals surface area contributed by atoms with Gasteiger partial charge in [-0.25, -0.2) is 0 Å². The smallest absolute Gasteiger partial charge is 0.293 e. The molecule has 6 nitrogen and oxygen atoms in total. The first-order valence-electron chi connectivity index (χ1n) is 8.48. The van der Waals surface area contributed by atoms with Crippen molar-refractivity contribution in [2.75, 3.05) is 27.4 Å². The molecule has 0 N–H and O–H groups in total. The van der Waals surface area contributed by atoms with E-state index in [2.05, 4.69) is 31.9 Å². The van der Waals surface area contributed by atoms with Gasteiger partial charge in [-0.3, -0.25) is 14.5 Å². The van der Waals surface area contributed by atoms with Gasteiger partial charge in [0.25, 0.3) is 11.1 Å². The minimum Gasteiger partial charge on any atom is -0.494 e. The van der Waals surface area contributed by atoms with Gasteiger partial charge in [-0.1, -0.05) is 12.1 Å². The monoisotopic (exact) mass is 541 g/mol. The first-order chi connectivity index (χ1) is 13.9. The van der Waals surface area contributed by atoms with E-state index in [0.717, 1.165) is 26.3 Å². The number of nitrogens with zero attached hydrogens (tertiary/aromatic N) is 1. The van der Waals surface area contributed by atoms with E-state index in [-0.39, 0.29) is 24.3 Å². The van der Waals surface area contributed by atoms with Crippen molar-refractivity contribution >= 4 is 60.8 Å². The molecule has 0 saturated carbocycles. The molecule has 0 unspecified atom stereocenters. The van der Waals surface area contributed by atoms with E-state index in [4.69, 9.17) is 14.2 Å². The highest BCUT2D eigenvalue weighted by Gasteiger charge is 2.34. The Kier molecular flexibility index (Phi) is 7.26. The third-order valence-corrected chi connectivity index (χ3v) is 6.12. The topological polar surface area (TPSA) is 65.1 Å². The number of halogens is 2. The van der Waals surface area contributed by atoms with Gasteiger partial charge in [0.15, 0.2) is 11.5 Å². The molecule has 152 valence electrons. The Morgan fingerprint density at radius 1 is 1.03 bits per heavy atom. The third kappa shape index (κ3) is 4.96. The van der Waals surface area contributed by atoms with Gasteiger partial charge >= 0.3 is 0 Å². The van der Waals surface area contributed by atoms with Crippen molar-refractivity contribution in [3.8, 4) is 17.2 Å². The van der Waals surface area contributed by atoms with Crippen molar-refractivity contribution in [2.45, 2.75) is 0 Å². The number of benzene rings is 2. The summed E-state index contributed by atoms with van der Waals surface area (Å²) in [6, 6.07) is 10.9. The summed E-state index contributed by atoms with van der Waals surface area (Å²) in [5.41, 5.74) is 0.764. The van der Waals surface area contributed by atoms with Crippen molar-refractivity contribution in [1.82, 2.24) is 4.90 Å². The molecule has 2 amide bonds. The van der Waals surface area contributed by atoms with Gasteiger partial charge in [-0.2, -0.15) is 0 Å². The number of hydrogen-bond donors (Lipinski definition) is 0. The zero-order valence-corrected chi connectivity index (χ0v) is 19.6. The molecule has 0 atom stereocenters. The Hall–Kier alpha value is -1.97. The van der Waals surface area contributed by atoms with Crippen LogP contribution in [0.1, 0.15) is 5.56 Å². The van der Waals surface area contributed by atoms with E-state index in [9.17, 15) is 9.59 Å². The van der Waals surface area contributed by atoms with E-state index >= 15 is 0 Å². The molecule has 2 aromatic rings. The van der Waals surface area contributed by atoms with Crippen molar-refractivity contribution in [3.63, 3.8) is 0 Å². The fraction of sp³-hybridized carbons (Fsp3) is 0.200. The number of methoxy groups -OCH3 is 2. The van der Waals surface area contributed by atoms with E-state index < -0.39 is 0 Å². The van der Waals surface area contributed by atoms with Gasteiger partial charge < -0.3 is 14.2 Å². The first-order valence-corrected chi connectivity index (χ1v) is 10.9. The van der Waals surface area contributed by atoms with Gasteiger partial charge in [-0.05, 0) is 79.5 Å². The summed E-state index contributed by atoms with van der Waals surface area (Å²) in [4.78, 5) is 26.5. The van der Waals surface area contributed by atoms with Crippen LogP contribution < -0.4 is 14.2 Å². The highest BCUT2D eigenvalue weighted by Crippen LogP contribution is 2.37. The first kappa shape index (κ1) is 21.7. The summed E-state index contributed by atoms with van der Waals surface area (Å²) < 4.78 is 17.7. The summed E-state index contributed by atoms with van der Waals surface area (Å²) >= 11 is 7.78. The summed E-state index contributed by atoms with van der Waals surface area (Å²) in [5.74, 6) is 1.47. The number of hydrogen-bond acceptors (Lipinski definition) is 6. The highest BCUT2D eigenvalue weighted by atomic mass is 79.9. The van der Waals surface area contributed by atoms with Crippen LogP contribution in [0.5, 0.6) is 17.2 Å². The van der Waals surface area contributed by atoms with Crippen LogP contribution in [0, 0.1) is 0 Å². The fourth-order valence-corrected chi connectivity index (χ4v) is 5.10. The molecule has 1 aliphatic heterocycles. The number of ether oxygens (including phenoxy) is 3. The van der Waals surface area contributed by atoms with Gasteiger partial charge in [0.2, 0.25) is 0 Å². The minimum atomic E-state index is -0.341. The minimum absolute atomic E-state index is 0.149. The second-order valence-electron chi connectivity index (χ2n) is 5.85. The maximum atomic E-state index is 12.7. The summed E-state index contributed by atoms with van der Waals surface area (Å²) in [6.07, 6.45) is 1.68. The van der Waals surface area contributed by atoms with Crippen LogP contribution in [0.25, 0.3) is 6.08 Å². The van der Waals surface area contributed by atoms with Crippen LogP contribution in [-0.2, 0) is 4.79 Å². The molecular formula is C20H17Br2NO5S. The van der Waals surface area contributed by atoms with E-state index in [1.54, 1.807) is 32.4 Å². The zero-order valence-electron chi connectivity index (χ0n) is 15.6. The molecule has 0 aromatic heterocycles. The van der Waals surface area contributed by atoms with Crippen LogP contribution in [0.15, 0.2) is 50.2 Å². The van der Waals surface area contributed by atoms with Crippen LogP contribution in [0.3, 0.4) is 0 Å². The Balaban J connectivity index is 1.69. The number of rotatable bonds is 7. The standard InChI is InChI=1S/C20H17Br2NO5S/c1-26-15-5-3-4-6-16(15)28-8-7-23-19(24)17(29-20(23)25)11-12-9-13(21)18(27-2)14(22)10-12/h3-6,9-11H,7-8H2,1-2H3/b17-11-. The van der Waals surface area contributed by atoms with Crippen LogP contribution in [0.4, 0.5) is 4.79 Å². The summed E-state index contributed by atoms with van der Waals surface area (Å²) in [6.45, 7) is 0.321. The quantitative estimate of drug-likeness (QED) is 0.440. The fourth-order valence-electron chi connectivity index (χ4n) is 2.69. The number of imide groups is 1. The van der Waals surface area contributed by atoms with Crippen LogP contribution >= 0.6 is 43.6 Å². The van der Waals surface area contributed by atoms with E-state index in [1.165, 1.54) is 4.90 Å². The maximum absolute atomic E-state index is 12.7. The molecule has 0 bridgehead atoms. The summed E-state index contributed by atoms with van der Waals surface area (Å²) in [7, 11) is 3.13. The van der Waals surface area contributed by atoms with Crippen molar-refractivity contribution in [2.24, 2.45) is 0 Å². The maximum Gasteiger partial charge on any atom is 0.293 e. The van der Waals surface area contributed by atoms with Gasteiger partial charge in [0, 0.05) is 0 Å². The lowest BCUT2D eigenvalue weighted by molar-refractivity contribution is -0.123. The molecule has 0 aliphatic carbocycles. The van der Waals surface area contributed by atoms with Crippen molar-refractivity contribution in [3.05, 3.63) is 55.8 Å². The largest absolute Gasteiger partial charge is 0.494 e. The zero-order chi connectivity index (χ0) is 21.0. The Bertz CT molecular complexity index is 956. The molecule has 9 heteroatoms. The second kappa shape index (κ2) is 9.69. The Labute approximate surface area is 189 Å². The average molecular weight is 543 g/mol. The SMILES string of the molecule is COc1ccccc1OCCN1C(=O)S/C(=C\c2cc(Br)c(OC)c(Br)c2)C1=O. The lowest BCUT2D eigenvalue weighted by Crippen LogP contribution is -2.32. The number of carbonyl (C=O) groups is 2. The van der Waals surface area contributed by atoms with Crippen LogP contribution in [-0.4, -0.2) is 43.4 Å². The average Bonchev–Trinajstić information content (AvgIpc) is 2.95. The van der Waals surface area contributed by atoms with Crippen molar-refractivity contribution < 1.29 is 23.8 Å². The molecule has 1 fully saturated rings. The molecule has 0 spiro atoms. The Morgan fingerprint density at radius 3 is 2.31 bits per heavy atom.